The van der Waals surface area contributed by atoms with E-state index in [2.05, 4.69) is 31.5 Å². The number of urea groups is 1. The van der Waals surface area contributed by atoms with Crippen LogP contribution in [-0.4, -0.2) is 28.7 Å². The van der Waals surface area contributed by atoms with Gasteiger partial charge in [-0.1, -0.05) is 30.3 Å². The summed E-state index contributed by atoms with van der Waals surface area (Å²) in [6.45, 7) is 2.69. The Labute approximate surface area is 186 Å². The number of hydrazine groups is 1. The average Bonchev–Trinajstić information content (AvgIpc) is 3.48. The van der Waals surface area contributed by atoms with Gasteiger partial charge >= 0.3 is 6.03 Å². The second kappa shape index (κ2) is 8.94. The largest absolute Gasteiger partial charge is 0.376 e. The van der Waals surface area contributed by atoms with Crippen LogP contribution in [0.1, 0.15) is 47.3 Å². The molecule has 164 valence electrons. The van der Waals surface area contributed by atoms with Gasteiger partial charge in [-0.05, 0) is 43.0 Å². The van der Waals surface area contributed by atoms with Crippen molar-refractivity contribution >= 4 is 17.5 Å². The summed E-state index contributed by atoms with van der Waals surface area (Å²) < 4.78 is 5.86. The van der Waals surface area contributed by atoms with Crippen LogP contribution in [0.3, 0.4) is 0 Å². The number of anilines is 2. The fourth-order valence-corrected chi connectivity index (χ4v) is 4.32. The third-order valence-electron chi connectivity index (χ3n) is 5.87. The number of rotatable bonds is 5. The number of ether oxygens (including phenoxy) is 1. The molecule has 0 saturated carbocycles. The van der Waals surface area contributed by atoms with Gasteiger partial charge in [0.25, 0.3) is 0 Å². The zero-order valence-electron chi connectivity index (χ0n) is 17.8. The molecule has 1 fully saturated rings. The molecule has 2 aliphatic heterocycles. The first-order valence-corrected chi connectivity index (χ1v) is 10.9. The maximum atomic E-state index is 12.8. The van der Waals surface area contributed by atoms with E-state index in [0.29, 0.717) is 5.82 Å². The summed E-state index contributed by atoms with van der Waals surface area (Å²) >= 11 is 0. The number of aryl methyl sites for hydroxylation is 1. The van der Waals surface area contributed by atoms with Crippen LogP contribution in [0.5, 0.6) is 0 Å². The molecule has 0 spiro atoms. The highest BCUT2D eigenvalue weighted by Gasteiger charge is 2.29. The molecule has 4 N–H and O–H groups in total. The van der Waals surface area contributed by atoms with E-state index in [1.54, 1.807) is 12.4 Å². The molecule has 1 aromatic carbocycles. The van der Waals surface area contributed by atoms with Crippen LogP contribution >= 0.6 is 0 Å². The Hall–Kier alpha value is -3.49. The van der Waals surface area contributed by atoms with E-state index in [4.69, 9.17) is 4.74 Å². The lowest BCUT2D eigenvalue weighted by Gasteiger charge is -2.24. The molecule has 0 aliphatic carbocycles. The van der Waals surface area contributed by atoms with Gasteiger partial charge in [0.05, 0.1) is 23.9 Å². The predicted molar refractivity (Wildman–Crippen MR) is 122 cm³/mol. The summed E-state index contributed by atoms with van der Waals surface area (Å²) in [5, 5.41) is 5.94. The van der Waals surface area contributed by atoms with Crippen molar-refractivity contribution in [3.05, 3.63) is 83.3 Å². The van der Waals surface area contributed by atoms with Crippen LogP contribution in [0.4, 0.5) is 16.3 Å². The van der Waals surface area contributed by atoms with Crippen molar-refractivity contribution in [1.82, 2.24) is 20.7 Å². The van der Waals surface area contributed by atoms with Gasteiger partial charge in [-0.3, -0.25) is 10.3 Å². The van der Waals surface area contributed by atoms with Gasteiger partial charge in [-0.15, -0.1) is 0 Å². The van der Waals surface area contributed by atoms with Crippen molar-refractivity contribution in [3.63, 3.8) is 0 Å². The second-order valence-electron chi connectivity index (χ2n) is 8.13. The number of carbonyl (C=O) groups excluding carboxylic acids is 1. The predicted octanol–water partition coefficient (Wildman–Crippen LogP) is 3.85. The first-order chi connectivity index (χ1) is 15.7. The summed E-state index contributed by atoms with van der Waals surface area (Å²) in [4.78, 5) is 21.5. The van der Waals surface area contributed by atoms with Crippen LogP contribution in [0.25, 0.3) is 0 Å². The molecule has 5 rings (SSSR count). The third-order valence-corrected chi connectivity index (χ3v) is 5.87. The van der Waals surface area contributed by atoms with E-state index in [0.717, 1.165) is 47.5 Å². The van der Waals surface area contributed by atoms with Gasteiger partial charge in [0.15, 0.2) is 0 Å². The van der Waals surface area contributed by atoms with E-state index < -0.39 is 0 Å². The first-order valence-electron chi connectivity index (χ1n) is 10.9. The number of amides is 2. The molecule has 2 aliphatic rings. The number of pyridine rings is 2. The molecule has 3 atom stereocenters. The van der Waals surface area contributed by atoms with Crippen LogP contribution in [-0.2, 0) is 4.74 Å². The number of nitrogens with one attached hydrogen (secondary N) is 4. The zero-order chi connectivity index (χ0) is 21.9. The van der Waals surface area contributed by atoms with E-state index in [1.807, 2.05) is 55.5 Å². The molecule has 2 aromatic heterocycles. The minimum Gasteiger partial charge on any atom is -0.376 e. The number of hydrogen-bond donors (Lipinski definition) is 4. The van der Waals surface area contributed by atoms with Gasteiger partial charge in [0.1, 0.15) is 5.82 Å². The minimum absolute atomic E-state index is 0.0240. The number of hydrogen-bond acceptors (Lipinski definition) is 6. The number of nitrogens with zero attached hydrogens (tertiary/aromatic N) is 2. The number of fused-ring (bicyclic) bond motifs is 1. The van der Waals surface area contributed by atoms with Crippen LogP contribution in [0, 0.1) is 6.92 Å². The Kier molecular flexibility index (Phi) is 5.70. The summed E-state index contributed by atoms with van der Waals surface area (Å²) in [6.07, 6.45) is 5.47. The van der Waals surface area contributed by atoms with E-state index in [1.165, 1.54) is 0 Å². The molecule has 3 aromatic rings. The average molecular weight is 431 g/mol. The molecular formula is C24H26N6O2. The Balaban J connectivity index is 1.29. The molecule has 4 heterocycles. The highest BCUT2D eigenvalue weighted by molar-refractivity contribution is 5.89. The van der Waals surface area contributed by atoms with Crippen molar-refractivity contribution in [2.45, 2.75) is 38.0 Å². The van der Waals surface area contributed by atoms with Crippen molar-refractivity contribution in [2.24, 2.45) is 0 Å². The maximum Gasteiger partial charge on any atom is 0.320 e. The maximum absolute atomic E-state index is 12.8. The molecule has 8 nitrogen and oxygen atoms in total. The number of benzene rings is 1. The van der Waals surface area contributed by atoms with Crippen molar-refractivity contribution < 1.29 is 9.53 Å². The Morgan fingerprint density at radius 3 is 2.84 bits per heavy atom. The number of carbonyl (C=O) groups is 1. The fraction of sp³-hybridized carbons (Fsp3) is 0.292. The SMILES string of the molecule is Cc1cc(C2NNc3cc(NC(=O)N[C@@H](c4ccccc4)[C@@H]4CCCO4)ncc32)ccn1. The summed E-state index contributed by atoms with van der Waals surface area (Å²) in [6, 6.07) is 15.2. The lowest BCUT2D eigenvalue weighted by Crippen LogP contribution is -2.38. The second-order valence-corrected chi connectivity index (χ2v) is 8.13. The first kappa shape index (κ1) is 20.4. The molecule has 8 heteroatoms. The molecule has 1 saturated heterocycles. The van der Waals surface area contributed by atoms with Crippen LogP contribution in [0.2, 0.25) is 0 Å². The standard InChI is InChI=1S/C24H26N6O2/c1-15-12-17(9-10-25-15)22-18-14-26-21(13-19(18)29-30-22)27-24(31)28-23(20-8-5-11-32-20)16-6-3-2-4-7-16/h2-4,6-7,9-10,12-14,20,22-23,29-30H,5,8,11H2,1H3,(H2,26,27,28,31)/t20-,22?,23-/m0/s1. The fourth-order valence-electron chi connectivity index (χ4n) is 4.32. The Bertz CT molecular complexity index is 1100. The normalized spacial score (nSPS) is 20.3. The van der Waals surface area contributed by atoms with Crippen molar-refractivity contribution in [3.8, 4) is 0 Å². The molecule has 32 heavy (non-hydrogen) atoms. The van der Waals surface area contributed by atoms with Gasteiger partial charge in [0.2, 0.25) is 0 Å². The smallest absolute Gasteiger partial charge is 0.320 e. The van der Waals surface area contributed by atoms with Gasteiger partial charge < -0.3 is 15.5 Å². The highest BCUT2D eigenvalue weighted by atomic mass is 16.5. The molecule has 2 amide bonds. The summed E-state index contributed by atoms with van der Waals surface area (Å²) in [5.74, 6) is 0.473. The molecule has 0 radical (unpaired) electrons. The van der Waals surface area contributed by atoms with Crippen molar-refractivity contribution in [2.75, 3.05) is 17.3 Å². The lowest BCUT2D eigenvalue weighted by molar-refractivity contribution is 0.0815. The van der Waals surface area contributed by atoms with Gasteiger partial charge in [-0.2, -0.15) is 0 Å². The molecule has 1 unspecified atom stereocenters. The van der Waals surface area contributed by atoms with E-state index in [9.17, 15) is 4.79 Å². The van der Waals surface area contributed by atoms with Gasteiger partial charge in [0, 0.05) is 36.3 Å². The third kappa shape index (κ3) is 4.28. The topological polar surface area (TPSA) is 100 Å². The summed E-state index contributed by atoms with van der Waals surface area (Å²) in [7, 11) is 0. The summed E-state index contributed by atoms with van der Waals surface area (Å²) in [5.41, 5.74) is 11.5. The van der Waals surface area contributed by atoms with Crippen LogP contribution in [0.15, 0.2) is 60.9 Å². The van der Waals surface area contributed by atoms with Crippen molar-refractivity contribution in [1.29, 1.82) is 0 Å². The monoisotopic (exact) mass is 430 g/mol. The van der Waals surface area contributed by atoms with E-state index >= 15 is 0 Å². The zero-order valence-corrected chi connectivity index (χ0v) is 17.8. The highest BCUT2D eigenvalue weighted by Crippen LogP contribution is 2.34. The Morgan fingerprint density at radius 1 is 1.19 bits per heavy atom. The Morgan fingerprint density at radius 2 is 2.06 bits per heavy atom. The minimum atomic E-state index is -0.311. The van der Waals surface area contributed by atoms with Crippen LogP contribution < -0.4 is 21.5 Å². The number of aromatic nitrogens is 2. The molecule has 0 bridgehead atoms. The molecular weight excluding hydrogens is 404 g/mol. The lowest BCUT2D eigenvalue weighted by atomic mass is 9.99. The van der Waals surface area contributed by atoms with Gasteiger partial charge in [-0.25, -0.2) is 15.2 Å². The quantitative estimate of drug-likeness (QED) is 0.491. The van der Waals surface area contributed by atoms with E-state index in [-0.39, 0.29) is 24.2 Å².